The van der Waals surface area contributed by atoms with Crippen molar-refractivity contribution in [2.24, 2.45) is 0 Å². The minimum atomic E-state index is -1.41. The van der Waals surface area contributed by atoms with Crippen LogP contribution in [-0.4, -0.2) is 41.3 Å². The molecule has 0 radical (unpaired) electrons. The minimum absolute atomic E-state index is 0.000833. The van der Waals surface area contributed by atoms with Crippen molar-refractivity contribution in [1.82, 2.24) is 5.32 Å². The molecule has 0 saturated heterocycles. The van der Waals surface area contributed by atoms with Gasteiger partial charge in [-0.1, -0.05) is 0 Å². The molecule has 0 aromatic carbocycles. The summed E-state index contributed by atoms with van der Waals surface area (Å²) in [4.78, 5) is 0. The molecule has 0 bridgehead atoms. The maximum absolute atomic E-state index is 8.84. The lowest BCUT2D eigenvalue weighted by atomic mass is 10.2. The molecule has 0 aliphatic heterocycles. The molecule has 0 aliphatic rings. The fourth-order valence-electron chi connectivity index (χ4n) is 0.562. The summed E-state index contributed by atoms with van der Waals surface area (Å²) in [6, 6.07) is 0. The predicted octanol–water partition coefficient (Wildman–Crippen LogP) is -1.73. The molecule has 0 spiro atoms. The second kappa shape index (κ2) is 4.69. The summed E-state index contributed by atoms with van der Waals surface area (Å²) in [7, 11) is 1.69. The minimum Gasteiger partial charge on any atom is -0.392 e. The molecule has 1 unspecified atom stereocenters. The molecule has 4 N–H and O–H groups in total. The van der Waals surface area contributed by atoms with Crippen molar-refractivity contribution >= 4 is 0 Å². The zero-order valence-corrected chi connectivity index (χ0v) is 5.41. The molecule has 1 atom stereocenters. The molecule has 9 heavy (non-hydrogen) atoms. The Morgan fingerprint density at radius 1 is 1.33 bits per heavy atom. The molecule has 0 amide bonds. The van der Waals surface area contributed by atoms with Crippen molar-refractivity contribution in [3.8, 4) is 0 Å². The van der Waals surface area contributed by atoms with Gasteiger partial charge in [-0.05, 0) is 7.05 Å². The number of aliphatic hydroxyl groups is 3. The third kappa shape index (κ3) is 5.72. The Kier molecular flexibility index (Phi) is 4.61. The van der Waals surface area contributed by atoms with Gasteiger partial charge in [0, 0.05) is 13.0 Å². The maximum atomic E-state index is 8.84. The quantitative estimate of drug-likeness (QED) is 0.346. The third-order valence-electron chi connectivity index (χ3n) is 0.923. The molecule has 4 heteroatoms. The van der Waals surface area contributed by atoms with Crippen LogP contribution in [0.15, 0.2) is 0 Å². The fourth-order valence-corrected chi connectivity index (χ4v) is 0.562. The highest BCUT2D eigenvalue weighted by molar-refractivity contribution is 4.57. The van der Waals surface area contributed by atoms with Crippen molar-refractivity contribution in [2.75, 3.05) is 13.6 Å². The van der Waals surface area contributed by atoms with Crippen LogP contribution in [0.5, 0.6) is 0 Å². The van der Waals surface area contributed by atoms with E-state index in [9.17, 15) is 0 Å². The van der Waals surface area contributed by atoms with E-state index in [2.05, 4.69) is 5.32 Å². The van der Waals surface area contributed by atoms with Crippen molar-refractivity contribution in [1.29, 1.82) is 0 Å². The molecule has 0 fully saturated rings. The lowest BCUT2D eigenvalue weighted by molar-refractivity contribution is -0.0689. The number of aliphatic hydroxyl groups excluding tert-OH is 2. The Hall–Kier alpha value is -0.160. The molecule has 0 aliphatic carbocycles. The predicted molar refractivity (Wildman–Crippen MR) is 32.8 cm³/mol. The first-order chi connectivity index (χ1) is 4.16. The van der Waals surface area contributed by atoms with E-state index in [0.29, 0.717) is 6.54 Å². The highest BCUT2D eigenvalue weighted by Gasteiger charge is 2.06. The van der Waals surface area contributed by atoms with Gasteiger partial charge < -0.3 is 20.6 Å². The van der Waals surface area contributed by atoms with E-state index in [4.69, 9.17) is 15.3 Å². The third-order valence-corrected chi connectivity index (χ3v) is 0.923. The Morgan fingerprint density at radius 3 is 2.22 bits per heavy atom. The first-order valence-electron chi connectivity index (χ1n) is 2.85. The van der Waals surface area contributed by atoms with Crippen LogP contribution in [0.25, 0.3) is 0 Å². The van der Waals surface area contributed by atoms with E-state index in [1.165, 1.54) is 0 Å². The molecule has 0 heterocycles. The Balaban J connectivity index is 3.15. The summed E-state index contributed by atoms with van der Waals surface area (Å²) < 4.78 is 0. The largest absolute Gasteiger partial charge is 0.392 e. The molecular weight excluding hydrogens is 122 g/mol. The van der Waals surface area contributed by atoms with Crippen molar-refractivity contribution in [3.63, 3.8) is 0 Å². The summed E-state index contributed by atoms with van der Waals surface area (Å²) in [6.07, 6.45) is -2.08. The first-order valence-corrected chi connectivity index (χ1v) is 2.85. The average molecular weight is 135 g/mol. The molecule has 0 rings (SSSR count). The van der Waals surface area contributed by atoms with Crippen molar-refractivity contribution in [3.05, 3.63) is 0 Å². The summed E-state index contributed by atoms with van der Waals surface area (Å²) in [5, 5.41) is 28.2. The SMILES string of the molecule is CNCC(O)CC(O)O. The molecular formula is C5H13NO3. The van der Waals surface area contributed by atoms with Crippen LogP contribution in [0.2, 0.25) is 0 Å². The standard InChI is InChI=1S/C5H13NO3/c1-6-3-4(7)2-5(8)9/h4-9H,2-3H2,1H3. The topological polar surface area (TPSA) is 72.7 Å². The smallest absolute Gasteiger partial charge is 0.153 e. The van der Waals surface area contributed by atoms with Crippen LogP contribution in [-0.2, 0) is 0 Å². The zero-order valence-electron chi connectivity index (χ0n) is 5.41. The van der Waals surface area contributed by atoms with Gasteiger partial charge in [0.1, 0.15) is 0 Å². The van der Waals surface area contributed by atoms with Gasteiger partial charge in [0.25, 0.3) is 0 Å². The number of hydrogen-bond acceptors (Lipinski definition) is 4. The van der Waals surface area contributed by atoms with Crippen LogP contribution >= 0.6 is 0 Å². The zero-order chi connectivity index (χ0) is 7.28. The monoisotopic (exact) mass is 135 g/mol. The molecule has 0 aromatic rings. The van der Waals surface area contributed by atoms with Crippen LogP contribution in [0.1, 0.15) is 6.42 Å². The number of nitrogens with one attached hydrogen (secondary N) is 1. The van der Waals surface area contributed by atoms with Crippen LogP contribution < -0.4 is 5.32 Å². The van der Waals surface area contributed by atoms with Gasteiger partial charge in [0.2, 0.25) is 0 Å². The van der Waals surface area contributed by atoms with Gasteiger partial charge in [-0.15, -0.1) is 0 Å². The number of rotatable bonds is 4. The van der Waals surface area contributed by atoms with E-state index in [-0.39, 0.29) is 6.42 Å². The fraction of sp³-hybridized carbons (Fsp3) is 1.00. The number of hydrogen-bond donors (Lipinski definition) is 4. The highest BCUT2D eigenvalue weighted by Crippen LogP contribution is 1.92. The summed E-state index contributed by atoms with van der Waals surface area (Å²) in [5.74, 6) is 0. The van der Waals surface area contributed by atoms with E-state index >= 15 is 0 Å². The van der Waals surface area contributed by atoms with Gasteiger partial charge in [-0.2, -0.15) is 0 Å². The maximum Gasteiger partial charge on any atom is 0.153 e. The van der Waals surface area contributed by atoms with Gasteiger partial charge >= 0.3 is 0 Å². The molecule has 0 saturated carbocycles. The van der Waals surface area contributed by atoms with E-state index in [0.717, 1.165) is 0 Å². The summed E-state index contributed by atoms with van der Waals surface area (Å²) >= 11 is 0. The van der Waals surface area contributed by atoms with E-state index < -0.39 is 12.4 Å². The van der Waals surface area contributed by atoms with E-state index in [1.807, 2.05) is 0 Å². The Labute approximate surface area is 54.1 Å². The summed E-state index contributed by atoms with van der Waals surface area (Å²) in [5.41, 5.74) is 0. The van der Waals surface area contributed by atoms with Gasteiger partial charge in [0.15, 0.2) is 6.29 Å². The molecule has 0 aromatic heterocycles. The van der Waals surface area contributed by atoms with Crippen molar-refractivity contribution < 1.29 is 15.3 Å². The van der Waals surface area contributed by atoms with E-state index in [1.54, 1.807) is 7.05 Å². The normalized spacial score (nSPS) is 14.3. The highest BCUT2D eigenvalue weighted by atomic mass is 16.5. The lowest BCUT2D eigenvalue weighted by Gasteiger charge is -2.09. The Morgan fingerprint density at radius 2 is 1.89 bits per heavy atom. The second-order valence-electron chi connectivity index (χ2n) is 1.93. The Bertz CT molecular complexity index is 67.2. The molecule has 4 nitrogen and oxygen atoms in total. The van der Waals surface area contributed by atoms with Crippen molar-refractivity contribution in [2.45, 2.75) is 18.8 Å². The van der Waals surface area contributed by atoms with Gasteiger partial charge in [0.05, 0.1) is 6.10 Å². The van der Waals surface area contributed by atoms with Crippen LogP contribution in [0.3, 0.4) is 0 Å². The lowest BCUT2D eigenvalue weighted by Crippen LogP contribution is -2.27. The van der Waals surface area contributed by atoms with Crippen LogP contribution in [0, 0.1) is 0 Å². The second-order valence-corrected chi connectivity index (χ2v) is 1.93. The van der Waals surface area contributed by atoms with Gasteiger partial charge in [-0.25, -0.2) is 0 Å². The molecule has 56 valence electrons. The first kappa shape index (κ1) is 8.84. The number of likely N-dealkylation sites (N-methyl/N-ethyl adjacent to an activating group) is 1. The van der Waals surface area contributed by atoms with Crippen LogP contribution in [0.4, 0.5) is 0 Å². The average Bonchev–Trinajstić information content (AvgIpc) is 1.63. The summed E-state index contributed by atoms with van der Waals surface area (Å²) in [6.45, 7) is 0.387. The van der Waals surface area contributed by atoms with Gasteiger partial charge in [-0.3, -0.25) is 0 Å².